The number of hydrogen-bond donors (Lipinski definition) is 14. The molecule has 0 unspecified atom stereocenters. The van der Waals surface area contributed by atoms with Crippen LogP contribution in [0.15, 0.2) is 82.4 Å². The molecule has 141 heavy (non-hydrogen) atoms. The van der Waals surface area contributed by atoms with Gasteiger partial charge in [0.1, 0.15) is 26.3 Å². The number of amides is 4. The van der Waals surface area contributed by atoms with E-state index in [0.29, 0.717) is 86.2 Å². The second kappa shape index (κ2) is 54.8. The fourth-order valence-electron chi connectivity index (χ4n) is 20.3. The number of rotatable bonds is 67. The van der Waals surface area contributed by atoms with Crippen molar-refractivity contribution in [1.29, 1.82) is 0 Å². The van der Waals surface area contributed by atoms with Gasteiger partial charge in [-0.2, -0.15) is 0 Å². The molecule has 38 heteroatoms. The number of aromatic nitrogens is 4. The summed E-state index contributed by atoms with van der Waals surface area (Å²) in [5.41, 5.74) is 13.9. The van der Waals surface area contributed by atoms with E-state index in [0.717, 1.165) is 216 Å². The first kappa shape index (κ1) is 107. The van der Waals surface area contributed by atoms with Crippen molar-refractivity contribution < 1.29 is 57.3 Å². The van der Waals surface area contributed by atoms with Gasteiger partial charge >= 0.3 is 23.9 Å². The molecule has 16 N–H and O–H groups in total. The van der Waals surface area contributed by atoms with Crippen LogP contribution in [0.2, 0.25) is 0 Å². The van der Waals surface area contributed by atoms with Gasteiger partial charge in [-0.1, -0.05) is 82.3 Å². The summed E-state index contributed by atoms with van der Waals surface area (Å²) in [5, 5.41) is 42.7. The second-order valence-corrected chi connectivity index (χ2v) is 39.0. The molecule has 14 rings (SSSR count). The molecule has 4 fully saturated rings. The molecule has 6 aromatic rings. The first-order valence-electron chi connectivity index (χ1n) is 52.5. The number of fused-ring (bicyclic) bond motifs is 10. The van der Waals surface area contributed by atoms with E-state index in [-0.39, 0.29) is 110 Å². The molecule has 2 atom stereocenters. The molecule has 38 nitrogen and oxygen atoms in total. The van der Waals surface area contributed by atoms with E-state index in [2.05, 4.69) is 93.2 Å². The van der Waals surface area contributed by atoms with E-state index >= 15 is 0 Å². The number of hydrogen-bond acceptors (Lipinski definition) is 32. The number of carbonyl (C=O) groups is 8. The highest BCUT2D eigenvalue weighted by Crippen LogP contribution is 2.44. The minimum atomic E-state index is -1.95. The highest BCUT2D eigenvalue weighted by Gasteiger charge is 2.52. The number of carbonyl (C=O) groups excluding carboxylic acids is 8. The van der Waals surface area contributed by atoms with Crippen molar-refractivity contribution in [2.24, 2.45) is 11.5 Å². The van der Waals surface area contributed by atoms with Crippen LogP contribution in [0.25, 0.3) is 44.6 Å². The third kappa shape index (κ3) is 30.0. The maximum atomic E-state index is 14.2. The Labute approximate surface area is 828 Å². The largest absolute Gasteiger partial charge is 0.457 e. The minimum Gasteiger partial charge on any atom is -0.457 e. The molecule has 8 heterocycles. The fraction of sp³-hybridized carbons (Fsp3) is 0.650. The Bertz CT molecular complexity index is 5260. The molecule has 0 spiro atoms. The predicted molar refractivity (Wildman–Crippen MR) is 543 cm³/mol. The maximum Gasteiger partial charge on any atom is 0.355 e. The lowest BCUT2D eigenvalue weighted by atomic mass is 9.85. The number of esters is 4. The lowest BCUT2D eigenvalue weighted by Gasteiger charge is -2.35. The van der Waals surface area contributed by atoms with E-state index in [4.69, 9.17) is 40.4 Å². The number of benzene rings is 2. The number of nitrogens with two attached hydrogens (primary N) is 2. The summed E-state index contributed by atoms with van der Waals surface area (Å²) in [6.45, 7) is 28.5. The smallest absolute Gasteiger partial charge is 0.355 e. The summed E-state index contributed by atoms with van der Waals surface area (Å²) in [7, 11) is 0. The summed E-state index contributed by atoms with van der Waals surface area (Å²) in [6.07, 6.45) is 15.3. The topological polar surface area (TPSA) is 459 Å². The van der Waals surface area contributed by atoms with Crippen molar-refractivity contribution >= 4 is 69.3 Å². The number of nitrogens with zero attached hydrogens (tertiary/aromatic N) is 10. The van der Waals surface area contributed by atoms with Gasteiger partial charge in [0, 0.05) is 305 Å². The first-order chi connectivity index (χ1) is 68.8. The number of pyridine rings is 4. The van der Waals surface area contributed by atoms with Crippen LogP contribution in [0.3, 0.4) is 0 Å². The van der Waals surface area contributed by atoms with E-state index in [9.17, 15) is 47.9 Å². The SMILES string of the molecule is CC[C@@]1(OC(=O)CNC(=O)CCC(=O)NCCN(CCNCCNCCNC2CCC2)CCN(CCNCCN(CCN)CCN(CCNC2CCC2)CCN(CCNC(=O)CCC(=O)NCC(=O)O[C@]2(CC)C(=O)OCc3c2cc2n(c3=O)Cc3cc4ccccc4nc3-2)CCNC2CCC2)CCNCCN(CCNCCN)C2CCCC2)C(=O)OCc2c1cc1n(c2=O)Cc2cc3ccccc3nc2-1. The Balaban J connectivity index is 0.545. The molecular weight excluding hydrogens is 1800 g/mol. The molecule has 4 amide bonds. The van der Waals surface area contributed by atoms with E-state index in [1.807, 2.05) is 60.7 Å². The first-order valence-corrected chi connectivity index (χ1v) is 52.5. The van der Waals surface area contributed by atoms with Crippen LogP contribution in [0, 0.1) is 0 Å². The second-order valence-electron chi connectivity index (χ2n) is 39.0. The van der Waals surface area contributed by atoms with Crippen LogP contribution >= 0.6 is 0 Å². The number of para-hydroxylation sites is 2. The Morgan fingerprint density at radius 3 is 1.16 bits per heavy atom. The number of cyclic esters (lactones) is 2. The van der Waals surface area contributed by atoms with Gasteiger partial charge in [0.25, 0.3) is 11.1 Å². The molecule has 0 radical (unpaired) electrons. The Morgan fingerprint density at radius 2 is 0.752 bits per heavy atom. The van der Waals surface area contributed by atoms with Gasteiger partial charge in [0.15, 0.2) is 0 Å². The summed E-state index contributed by atoms with van der Waals surface area (Å²) in [6, 6.07) is 25.1. The average molecular weight is 1950 g/mol. The van der Waals surface area contributed by atoms with Crippen molar-refractivity contribution in [3.8, 4) is 22.8 Å². The molecule has 8 aliphatic rings. The van der Waals surface area contributed by atoms with Crippen molar-refractivity contribution in [2.75, 3.05) is 236 Å². The van der Waals surface area contributed by atoms with E-state index < -0.39 is 60.0 Å². The Kier molecular flexibility index (Phi) is 41.6. The Hall–Kier alpha value is -9.72. The summed E-state index contributed by atoms with van der Waals surface area (Å²) in [4.78, 5) is 162. The molecule has 4 aliphatic heterocycles. The Morgan fingerprint density at radius 1 is 0.397 bits per heavy atom. The monoisotopic (exact) mass is 1950 g/mol. The average Bonchev–Trinajstić information content (AvgIpc) is 1.62. The van der Waals surface area contributed by atoms with Gasteiger partial charge < -0.3 is 103 Å². The summed E-state index contributed by atoms with van der Waals surface area (Å²) < 4.78 is 26.2. The molecule has 2 aromatic carbocycles. The van der Waals surface area contributed by atoms with Gasteiger partial charge in [-0.05, 0) is 101 Å². The van der Waals surface area contributed by atoms with Gasteiger partial charge in [0.05, 0.1) is 58.0 Å². The summed E-state index contributed by atoms with van der Waals surface area (Å²) in [5.74, 6) is -5.15. The van der Waals surface area contributed by atoms with Crippen molar-refractivity contribution in [2.45, 2.75) is 198 Å². The third-order valence-corrected chi connectivity index (χ3v) is 29.5. The van der Waals surface area contributed by atoms with Gasteiger partial charge in [-0.3, -0.25) is 67.8 Å². The van der Waals surface area contributed by atoms with Crippen LogP contribution in [0.1, 0.15) is 169 Å². The number of nitrogens with one attached hydrogen (secondary N) is 12. The van der Waals surface area contributed by atoms with E-state index in [1.165, 1.54) is 83.5 Å². The maximum absolute atomic E-state index is 14.2. The molecule has 0 bridgehead atoms. The highest BCUT2D eigenvalue weighted by molar-refractivity contribution is 5.92. The van der Waals surface area contributed by atoms with Crippen LogP contribution in [0.4, 0.5) is 0 Å². The minimum absolute atomic E-state index is 0.0370. The van der Waals surface area contributed by atoms with Gasteiger partial charge in [-0.25, -0.2) is 19.6 Å². The standard InChI is InChI=1S/C103H156N24O14/c1-3-102(84-66-88-96-76(64-74-14-5-9-24-86(74)118-96)70-126(88)98(134)82(84)72-138-100(102)136)140-94(132)68-116-92(130)28-26-90(128)114-45-54-122(49-37-108-34-33-107-35-36-111-78-16-11-17-78)60-59-121(51-40-110-42-57-125(56-41-106-32-30-104)81-22-7-8-23-81)50-39-109-38-48-120(47-31-105)58-62-124(53-44-113-80-20-13-21-80)63-61-123(52-43-112-79-18-12-19-79)55-46-115-91(129)27-29-93(131)117-69-95(133)141-103(4-2)85-67-89-97-77(65-75-15-6-10-25-87(75)119-97)71-127(89)99(135)83(85)73-139-101(103)137/h5-6,9-10,14-15,24-25,64-67,78-81,106-113H,3-4,7-8,11-13,16-23,26-63,68-73,104-105H2,1-2H3,(H,114,128)(H,115,129)(H,116,130)(H,117,131)/t102-,103-/m0/s1. The quantitative estimate of drug-likeness (QED) is 0.0145. The lowest BCUT2D eigenvalue weighted by molar-refractivity contribution is -0.189. The van der Waals surface area contributed by atoms with Crippen molar-refractivity contribution in [1.82, 2.24) is 112 Å². The predicted octanol–water partition coefficient (Wildman–Crippen LogP) is 1.35. The molecule has 0 saturated heterocycles. The van der Waals surface area contributed by atoms with Crippen molar-refractivity contribution in [3.63, 3.8) is 0 Å². The molecule has 772 valence electrons. The number of ether oxygens (including phenoxy) is 4. The zero-order valence-corrected chi connectivity index (χ0v) is 83.3. The normalized spacial score (nSPS) is 17.7. The molecule has 4 aromatic heterocycles. The molecule has 4 saturated carbocycles. The van der Waals surface area contributed by atoms with Crippen LogP contribution in [-0.2, 0) is 94.8 Å². The molecular formula is C103H156N24O14. The summed E-state index contributed by atoms with van der Waals surface area (Å²) >= 11 is 0. The molecule has 4 aliphatic carbocycles. The van der Waals surface area contributed by atoms with Gasteiger partial charge in [-0.15, -0.1) is 0 Å². The zero-order valence-electron chi connectivity index (χ0n) is 83.3. The van der Waals surface area contributed by atoms with Crippen LogP contribution in [-0.4, -0.2) is 356 Å². The van der Waals surface area contributed by atoms with Crippen molar-refractivity contribution in [3.05, 3.63) is 127 Å². The van der Waals surface area contributed by atoms with Crippen LogP contribution < -0.4 is 86.4 Å². The third-order valence-electron chi connectivity index (χ3n) is 29.5. The highest BCUT2D eigenvalue weighted by atomic mass is 16.6. The lowest BCUT2D eigenvalue weighted by Crippen LogP contribution is -2.48. The zero-order chi connectivity index (χ0) is 98.7. The van der Waals surface area contributed by atoms with Crippen LogP contribution in [0.5, 0.6) is 0 Å². The van der Waals surface area contributed by atoms with E-state index in [1.54, 1.807) is 35.1 Å². The van der Waals surface area contributed by atoms with Gasteiger partial charge in [0.2, 0.25) is 34.8 Å². The fourth-order valence-corrected chi connectivity index (χ4v) is 20.3.